The summed E-state index contributed by atoms with van der Waals surface area (Å²) < 4.78 is 79.2. The zero-order chi connectivity index (χ0) is 56.1. The van der Waals surface area contributed by atoms with Gasteiger partial charge in [0, 0.05) is 58.9 Å². The van der Waals surface area contributed by atoms with Crippen molar-refractivity contribution in [3.8, 4) is 11.5 Å². The van der Waals surface area contributed by atoms with Gasteiger partial charge in [-0.25, -0.2) is 16.8 Å². The van der Waals surface area contributed by atoms with Gasteiger partial charge in [0.2, 0.25) is 20.0 Å². The van der Waals surface area contributed by atoms with Crippen molar-refractivity contribution in [1.82, 2.24) is 28.6 Å². The summed E-state index contributed by atoms with van der Waals surface area (Å²) >= 11 is 0. The highest BCUT2D eigenvalue weighted by atomic mass is 32.2. The Balaban J connectivity index is 0.000000206. The minimum atomic E-state index is -3.80. The van der Waals surface area contributed by atoms with Crippen LogP contribution in [0.4, 0.5) is 0 Å². The summed E-state index contributed by atoms with van der Waals surface area (Å²) in [4.78, 5) is 37.1. The normalized spacial score (nSPS) is 14.7. The number of hydrogen-bond acceptors (Lipinski definition) is 13. The van der Waals surface area contributed by atoms with Gasteiger partial charge in [0.25, 0.3) is 11.8 Å². The molecule has 3 aliphatic rings. The molecule has 2 aliphatic heterocycles. The SMILES string of the molecule is COc1cc(C)c(S(=O)(=O)N(C)Cc2cc(C(=O)N(C)Cc3ccc(C4=NCCN4)cc3)c(C)o2)c(C)c1.COc1cc(C)c(S(=O)(=O)N(Cc2cc(C(=O)N(C)Cc3ccc(CN4CCCC4)cc3)co2)C2CC2)c(C)c1. The fourth-order valence-electron chi connectivity index (χ4n) is 10.2. The molecule has 19 heteroatoms. The molecule has 6 aromatic rings. The number of benzene rings is 4. The van der Waals surface area contributed by atoms with E-state index >= 15 is 0 Å². The smallest absolute Gasteiger partial charge is 0.257 e. The lowest BCUT2D eigenvalue weighted by molar-refractivity contribution is 0.0776. The number of aryl methyl sites for hydroxylation is 5. The Labute approximate surface area is 459 Å². The Kier molecular flexibility index (Phi) is 18.0. The summed E-state index contributed by atoms with van der Waals surface area (Å²) in [6.07, 6.45) is 5.59. The van der Waals surface area contributed by atoms with Crippen molar-refractivity contribution in [3.05, 3.63) is 164 Å². The van der Waals surface area contributed by atoms with Crippen LogP contribution in [0.3, 0.4) is 0 Å². The van der Waals surface area contributed by atoms with E-state index in [1.807, 2.05) is 24.3 Å². The molecule has 0 radical (unpaired) electrons. The summed E-state index contributed by atoms with van der Waals surface area (Å²) in [5, 5.41) is 3.25. The van der Waals surface area contributed by atoms with Gasteiger partial charge in [-0.15, -0.1) is 0 Å². The molecular formula is C59H73N7O10S2. The molecule has 0 atom stereocenters. The van der Waals surface area contributed by atoms with Gasteiger partial charge in [-0.3, -0.25) is 19.5 Å². The molecule has 17 nitrogen and oxygen atoms in total. The lowest BCUT2D eigenvalue weighted by Gasteiger charge is -2.23. The van der Waals surface area contributed by atoms with Crippen LogP contribution in [0.15, 0.2) is 115 Å². The standard InChI is InChI=1S/C31H39N3O5S.C28H34N4O5S/c1-22-15-28(38-4)16-23(2)30(22)40(36,37)34(27-11-12-27)20-29-17-26(21-39-29)31(35)32(3)18-24-7-9-25(10-8-24)19-33-13-5-6-14-33;1-18-13-23(36-6)14-19(2)26(18)38(34,35)32(5)17-24-15-25(20(3)37-24)28(33)31(4)16-21-7-9-22(10-8-21)27-29-11-12-30-27/h7-10,15-17,21,27H,5-6,11-14,18-20H2,1-4H3;7-10,13-15H,11-12,16-17H2,1-6H3,(H,29,30). The number of amides is 2. The molecule has 1 saturated carbocycles. The van der Waals surface area contributed by atoms with E-state index in [1.54, 1.807) is 109 Å². The molecule has 78 heavy (non-hydrogen) atoms. The van der Waals surface area contributed by atoms with Crippen molar-refractivity contribution in [1.29, 1.82) is 0 Å². The molecule has 416 valence electrons. The molecular weight excluding hydrogens is 1030 g/mol. The highest BCUT2D eigenvalue weighted by Gasteiger charge is 2.40. The first kappa shape index (κ1) is 57.4. The first-order chi connectivity index (χ1) is 37.2. The van der Waals surface area contributed by atoms with E-state index in [0.29, 0.717) is 80.1 Å². The van der Waals surface area contributed by atoms with Crippen LogP contribution in [0.1, 0.15) is 108 Å². The molecule has 2 amide bonds. The van der Waals surface area contributed by atoms with Crippen molar-refractivity contribution in [2.45, 2.75) is 109 Å². The maximum absolute atomic E-state index is 13.8. The molecule has 0 unspecified atom stereocenters. The third kappa shape index (κ3) is 13.4. The molecule has 1 aliphatic carbocycles. The molecule has 2 aromatic heterocycles. The second-order valence-electron chi connectivity index (χ2n) is 20.7. The van der Waals surface area contributed by atoms with Crippen molar-refractivity contribution < 1.29 is 44.7 Å². The summed E-state index contributed by atoms with van der Waals surface area (Å²) in [5.74, 6) is 3.04. The summed E-state index contributed by atoms with van der Waals surface area (Å²) in [6, 6.07) is 26.5. The van der Waals surface area contributed by atoms with Crippen molar-refractivity contribution >= 4 is 37.7 Å². The summed E-state index contributed by atoms with van der Waals surface area (Å²) in [6.45, 7) is 14.7. The van der Waals surface area contributed by atoms with Crippen LogP contribution in [0.25, 0.3) is 0 Å². The van der Waals surface area contributed by atoms with Gasteiger partial charge in [-0.1, -0.05) is 48.5 Å². The number of amidine groups is 1. The fraction of sp³-hybridized carbons (Fsp3) is 0.407. The van der Waals surface area contributed by atoms with Gasteiger partial charge < -0.3 is 33.4 Å². The first-order valence-corrected chi connectivity index (χ1v) is 29.2. The van der Waals surface area contributed by atoms with Crippen LogP contribution in [0, 0.1) is 34.6 Å². The monoisotopic (exact) mass is 1100 g/mol. The van der Waals surface area contributed by atoms with Gasteiger partial charge in [0.15, 0.2) is 0 Å². The maximum atomic E-state index is 13.8. The number of ether oxygens (including phenoxy) is 2. The second-order valence-corrected chi connectivity index (χ2v) is 24.5. The molecule has 0 spiro atoms. The first-order valence-electron chi connectivity index (χ1n) is 26.3. The number of nitrogens with one attached hydrogen (secondary N) is 1. The molecule has 4 aromatic carbocycles. The van der Waals surface area contributed by atoms with Crippen LogP contribution >= 0.6 is 0 Å². The Bertz CT molecular complexity index is 3330. The number of rotatable bonds is 20. The van der Waals surface area contributed by atoms with Crippen molar-refractivity contribution in [3.63, 3.8) is 0 Å². The average Bonchev–Trinajstić information content (AvgIpc) is 3.91. The van der Waals surface area contributed by atoms with Crippen LogP contribution in [0.5, 0.6) is 11.5 Å². The second kappa shape index (κ2) is 24.5. The maximum Gasteiger partial charge on any atom is 0.257 e. The third-order valence-electron chi connectivity index (χ3n) is 14.4. The minimum Gasteiger partial charge on any atom is -0.497 e. The van der Waals surface area contributed by atoms with E-state index in [2.05, 4.69) is 39.5 Å². The molecule has 9 rings (SSSR count). The quantitative estimate of drug-likeness (QED) is 0.0767. The van der Waals surface area contributed by atoms with E-state index in [1.165, 1.54) is 40.3 Å². The van der Waals surface area contributed by atoms with Crippen LogP contribution in [-0.2, 0) is 52.8 Å². The lowest BCUT2D eigenvalue weighted by atomic mass is 10.1. The fourth-order valence-corrected chi connectivity index (χ4v) is 13.8. The number of aliphatic imine (C=N–C) groups is 1. The number of carbonyl (C=O) groups excluding carboxylic acids is 2. The van der Waals surface area contributed by atoms with Crippen LogP contribution in [-0.4, -0.2) is 125 Å². The van der Waals surface area contributed by atoms with Crippen molar-refractivity contribution in [2.24, 2.45) is 4.99 Å². The summed E-state index contributed by atoms with van der Waals surface area (Å²) in [7, 11) is 0.527. The number of furan rings is 2. The molecule has 2 fully saturated rings. The number of nitrogens with zero attached hydrogens (tertiary/aromatic N) is 6. The van der Waals surface area contributed by atoms with E-state index in [4.69, 9.17) is 18.3 Å². The van der Waals surface area contributed by atoms with Gasteiger partial charge in [0.1, 0.15) is 40.9 Å². The number of sulfonamides is 2. The van der Waals surface area contributed by atoms with E-state index in [9.17, 15) is 26.4 Å². The molecule has 1 N–H and O–H groups in total. The third-order valence-corrected chi connectivity index (χ3v) is 18.7. The Morgan fingerprint density at radius 3 is 1.72 bits per heavy atom. The van der Waals surface area contributed by atoms with Gasteiger partial charge >= 0.3 is 0 Å². The molecule has 0 bridgehead atoms. The van der Waals surface area contributed by atoms with Crippen LogP contribution in [0.2, 0.25) is 0 Å². The highest BCUT2D eigenvalue weighted by Crippen LogP contribution is 2.37. The number of methoxy groups -OCH3 is 2. The van der Waals surface area contributed by atoms with Gasteiger partial charge in [0.05, 0.1) is 54.8 Å². The van der Waals surface area contributed by atoms with Crippen LogP contribution < -0.4 is 14.8 Å². The number of carbonyl (C=O) groups is 2. The van der Waals surface area contributed by atoms with E-state index < -0.39 is 20.0 Å². The summed E-state index contributed by atoms with van der Waals surface area (Å²) in [5.41, 5.74) is 7.65. The predicted molar refractivity (Wildman–Crippen MR) is 300 cm³/mol. The van der Waals surface area contributed by atoms with Gasteiger partial charge in [-0.05, 0) is 149 Å². The van der Waals surface area contributed by atoms with Crippen molar-refractivity contribution in [2.75, 3.05) is 61.5 Å². The topological polar surface area (TPSA) is 188 Å². The minimum absolute atomic E-state index is 0.00946. The van der Waals surface area contributed by atoms with E-state index in [0.717, 1.165) is 68.1 Å². The Hall–Kier alpha value is -6.77. The largest absolute Gasteiger partial charge is 0.497 e. The highest BCUT2D eigenvalue weighted by molar-refractivity contribution is 7.89. The lowest BCUT2D eigenvalue weighted by Crippen LogP contribution is -2.33. The number of likely N-dealkylation sites (tertiary alicyclic amines) is 1. The zero-order valence-corrected chi connectivity index (χ0v) is 48.1. The van der Waals surface area contributed by atoms with Gasteiger partial charge in [-0.2, -0.15) is 8.61 Å². The Morgan fingerprint density at radius 1 is 0.667 bits per heavy atom. The molecule has 4 heterocycles. The molecule has 1 saturated heterocycles. The average molecular weight is 1100 g/mol. The Morgan fingerprint density at radius 2 is 1.19 bits per heavy atom. The predicted octanol–water partition coefficient (Wildman–Crippen LogP) is 8.78. The van der Waals surface area contributed by atoms with E-state index in [-0.39, 0.29) is 35.8 Å². The zero-order valence-electron chi connectivity index (χ0n) is 46.5. The number of hydrogen-bond donors (Lipinski definition) is 1.